The van der Waals surface area contributed by atoms with Crippen molar-refractivity contribution in [1.29, 1.82) is 5.26 Å². The first-order valence-electron chi connectivity index (χ1n) is 9.09. The number of non-ortho nitro benzene ring substituents is 1. The molecule has 0 heterocycles. The molecular formula is C23H16ClN3O4. The molecule has 0 aromatic heterocycles. The summed E-state index contributed by atoms with van der Waals surface area (Å²) in [6.45, 7) is 0.382. The Morgan fingerprint density at radius 2 is 1.71 bits per heavy atom. The minimum absolute atomic E-state index is 0.0904. The van der Waals surface area contributed by atoms with E-state index < -0.39 is 10.8 Å². The van der Waals surface area contributed by atoms with Gasteiger partial charge in [-0.1, -0.05) is 35.9 Å². The van der Waals surface area contributed by atoms with Gasteiger partial charge in [0.1, 0.15) is 24.0 Å². The summed E-state index contributed by atoms with van der Waals surface area (Å²) in [5.41, 5.74) is 1.78. The molecule has 0 unspecified atom stereocenters. The van der Waals surface area contributed by atoms with Gasteiger partial charge in [0.15, 0.2) is 0 Å². The van der Waals surface area contributed by atoms with Gasteiger partial charge in [0.2, 0.25) is 0 Å². The van der Waals surface area contributed by atoms with Crippen molar-refractivity contribution >= 4 is 35.0 Å². The van der Waals surface area contributed by atoms with E-state index in [1.54, 1.807) is 36.4 Å². The molecule has 0 saturated heterocycles. The van der Waals surface area contributed by atoms with Crippen LogP contribution in [-0.4, -0.2) is 10.8 Å². The van der Waals surface area contributed by atoms with Gasteiger partial charge in [-0.2, -0.15) is 5.26 Å². The molecule has 3 rings (SSSR count). The lowest BCUT2D eigenvalue weighted by atomic mass is 10.1. The summed E-state index contributed by atoms with van der Waals surface area (Å²) in [7, 11) is 0. The van der Waals surface area contributed by atoms with Gasteiger partial charge in [-0.05, 0) is 53.6 Å². The van der Waals surface area contributed by atoms with E-state index in [-0.39, 0.29) is 11.3 Å². The second kappa shape index (κ2) is 10.1. The van der Waals surface area contributed by atoms with E-state index >= 15 is 0 Å². The Morgan fingerprint density at radius 1 is 1.06 bits per heavy atom. The van der Waals surface area contributed by atoms with Crippen LogP contribution >= 0.6 is 11.6 Å². The highest BCUT2D eigenvalue weighted by atomic mass is 35.5. The second-order valence-electron chi connectivity index (χ2n) is 6.41. The first-order chi connectivity index (χ1) is 14.9. The molecule has 0 radical (unpaired) electrons. The van der Waals surface area contributed by atoms with Crippen LogP contribution in [0.5, 0.6) is 5.75 Å². The summed E-state index contributed by atoms with van der Waals surface area (Å²) in [5, 5.41) is 23.2. The van der Waals surface area contributed by atoms with E-state index in [9.17, 15) is 20.2 Å². The molecular weight excluding hydrogens is 418 g/mol. The third-order valence-electron chi connectivity index (χ3n) is 4.21. The number of nitro benzene ring substituents is 1. The van der Waals surface area contributed by atoms with Gasteiger partial charge in [0.05, 0.1) is 4.92 Å². The van der Waals surface area contributed by atoms with E-state index in [2.05, 4.69) is 5.32 Å². The molecule has 0 saturated carbocycles. The molecule has 8 heteroatoms. The molecule has 31 heavy (non-hydrogen) atoms. The Hall–Kier alpha value is -4.15. The normalized spacial score (nSPS) is 10.8. The quantitative estimate of drug-likeness (QED) is 0.233. The van der Waals surface area contributed by atoms with Crippen molar-refractivity contribution in [3.8, 4) is 11.8 Å². The largest absolute Gasteiger partial charge is 0.489 e. The van der Waals surface area contributed by atoms with Crippen molar-refractivity contribution in [2.75, 3.05) is 5.32 Å². The Morgan fingerprint density at radius 3 is 2.29 bits per heavy atom. The number of carbonyl (C=O) groups excluding carboxylic acids is 1. The molecule has 0 spiro atoms. The lowest BCUT2D eigenvalue weighted by Crippen LogP contribution is -2.13. The zero-order chi connectivity index (χ0) is 22.2. The fraction of sp³-hybridized carbons (Fsp3) is 0.0435. The van der Waals surface area contributed by atoms with Gasteiger partial charge in [0.25, 0.3) is 11.6 Å². The maximum absolute atomic E-state index is 12.3. The Balaban J connectivity index is 1.63. The highest BCUT2D eigenvalue weighted by molar-refractivity contribution is 6.30. The number of nitrogens with one attached hydrogen (secondary N) is 1. The van der Waals surface area contributed by atoms with Gasteiger partial charge in [-0.15, -0.1) is 0 Å². The van der Waals surface area contributed by atoms with Crippen molar-refractivity contribution in [3.05, 3.63) is 105 Å². The van der Waals surface area contributed by atoms with Crippen LogP contribution in [-0.2, 0) is 11.4 Å². The molecule has 1 N–H and O–H groups in total. The number of nitro groups is 1. The fourth-order valence-corrected chi connectivity index (χ4v) is 2.71. The molecule has 3 aromatic carbocycles. The number of halogens is 1. The van der Waals surface area contributed by atoms with Crippen molar-refractivity contribution in [2.24, 2.45) is 0 Å². The maximum atomic E-state index is 12.3. The zero-order valence-electron chi connectivity index (χ0n) is 16.1. The van der Waals surface area contributed by atoms with Crippen molar-refractivity contribution in [1.82, 2.24) is 0 Å². The van der Waals surface area contributed by atoms with Crippen molar-refractivity contribution in [2.45, 2.75) is 6.61 Å². The molecule has 3 aromatic rings. The number of amides is 1. The molecule has 0 aliphatic heterocycles. The standard InChI is InChI=1S/C23H16ClN3O4/c24-19-5-1-17(2-6-19)15-31-22-11-3-16(4-12-22)13-18(14-25)23(28)26-20-7-9-21(10-8-20)27(29)30/h1-13H,15H2,(H,26,28). The van der Waals surface area contributed by atoms with Gasteiger partial charge in [-0.25, -0.2) is 0 Å². The molecule has 0 aliphatic carbocycles. The highest BCUT2D eigenvalue weighted by Gasteiger charge is 2.11. The third kappa shape index (κ3) is 6.16. The average molecular weight is 434 g/mol. The molecule has 7 nitrogen and oxygen atoms in total. The van der Waals surface area contributed by atoms with Crippen LogP contribution in [0.2, 0.25) is 5.02 Å². The number of hydrogen-bond acceptors (Lipinski definition) is 5. The van der Waals surface area contributed by atoms with Crippen LogP contribution in [0.25, 0.3) is 6.08 Å². The predicted molar refractivity (Wildman–Crippen MR) is 118 cm³/mol. The lowest BCUT2D eigenvalue weighted by Gasteiger charge is -2.07. The molecule has 0 atom stereocenters. The van der Waals surface area contributed by atoms with Gasteiger partial charge >= 0.3 is 0 Å². The third-order valence-corrected chi connectivity index (χ3v) is 4.46. The SMILES string of the molecule is N#CC(=Cc1ccc(OCc2ccc(Cl)cc2)cc1)C(=O)Nc1ccc([N+](=O)[O-])cc1. The van der Waals surface area contributed by atoms with Gasteiger partial charge in [0, 0.05) is 22.8 Å². The summed E-state index contributed by atoms with van der Waals surface area (Å²) in [6, 6.07) is 21.5. The Kier molecular flexibility index (Phi) is 6.99. The van der Waals surface area contributed by atoms with Crippen molar-refractivity contribution in [3.63, 3.8) is 0 Å². The van der Waals surface area contributed by atoms with Crippen LogP contribution in [0.1, 0.15) is 11.1 Å². The minimum Gasteiger partial charge on any atom is -0.489 e. The summed E-state index contributed by atoms with van der Waals surface area (Å²) in [4.78, 5) is 22.5. The van der Waals surface area contributed by atoms with E-state index in [1.165, 1.54) is 30.3 Å². The number of anilines is 1. The van der Waals surface area contributed by atoms with Crippen LogP contribution in [0, 0.1) is 21.4 Å². The number of rotatable bonds is 7. The van der Waals surface area contributed by atoms with Crippen LogP contribution in [0.3, 0.4) is 0 Å². The topological polar surface area (TPSA) is 105 Å². The smallest absolute Gasteiger partial charge is 0.269 e. The lowest BCUT2D eigenvalue weighted by molar-refractivity contribution is -0.384. The number of benzene rings is 3. The van der Waals surface area contributed by atoms with Gasteiger partial charge in [-0.3, -0.25) is 14.9 Å². The average Bonchev–Trinajstić information content (AvgIpc) is 2.78. The summed E-state index contributed by atoms with van der Waals surface area (Å²) < 4.78 is 5.72. The zero-order valence-corrected chi connectivity index (χ0v) is 16.9. The number of nitriles is 1. The Bertz CT molecular complexity index is 1150. The number of nitrogens with zero attached hydrogens (tertiary/aromatic N) is 2. The number of carbonyl (C=O) groups is 1. The van der Waals surface area contributed by atoms with E-state index in [1.807, 2.05) is 18.2 Å². The fourth-order valence-electron chi connectivity index (χ4n) is 2.59. The summed E-state index contributed by atoms with van der Waals surface area (Å²) >= 11 is 5.86. The number of ether oxygens (including phenoxy) is 1. The van der Waals surface area contributed by atoms with E-state index in [0.717, 1.165) is 5.56 Å². The monoisotopic (exact) mass is 433 g/mol. The minimum atomic E-state index is -0.612. The summed E-state index contributed by atoms with van der Waals surface area (Å²) in [6.07, 6.45) is 1.45. The number of hydrogen-bond donors (Lipinski definition) is 1. The molecule has 0 fully saturated rings. The molecule has 1 amide bonds. The molecule has 0 bridgehead atoms. The summed E-state index contributed by atoms with van der Waals surface area (Å²) in [5.74, 6) is 0.0281. The first-order valence-corrected chi connectivity index (χ1v) is 9.47. The highest BCUT2D eigenvalue weighted by Crippen LogP contribution is 2.19. The molecule has 154 valence electrons. The first kappa shape index (κ1) is 21.6. The van der Waals surface area contributed by atoms with Gasteiger partial charge < -0.3 is 10.1 Å². The van der Waals surface area contributed by atoms with E-state index in [0.29, 0.717) is 28.6 Å². The van der Waals surface area contributed by atoms with Crippen LogP contribution < -0.4 is 10.1 Å². The van der Waals surface area contributed by atoms with Crippen LogP contribution in [0.4, 0.5) is 11.4 Å². The van der Waals surface area contributed by atoms with E-state index in [4.69, 9.17) is 16.3 Å². The second-order valence-corrected chi connectivity index (χ2v) is 6.85. The van der Waals surface area contributed by atoms with Crippen LogP contribution in [0.15, 0.2) is 78.4 Å². The molecule has 0 aliphatic rings. The van der Waals surface area contributed by atoms with Crippen molar-refractivity contribution < 1.29 is 14.5 Å². The predicted octanol–water partition coefficient (Wildman–Crippen LogP) is 5.37. The maximum Gasteiger partial charge on any atom is 0.269 e. The Labute approximate surface area is 183 Å².